The Balaban J connectivity index is 1.73. The molecule has 3 aliphatic heterocycles. The van der Waals surface area contributed by atoms with Gasteiger partial charge in [-0.1, -0.05) is 47.6 Å². The van der Waals surface area contributed by atoms with Gasteiger partial charge in [-0.3, -0.25) is 0 Å². The first-order chi connectivity index (χ1) is 15.6. The molecule has 33 heavy (non-hydrogen) atoms. The van der Waals surface area contributed by atoms with Gasteiger partial charge in [-0.15, -0.1) is 0 Å². The van der Waals surface area contributed by atoms with Gasteiger partial charge in [0.05, 0.1) is 12.1 Å². The lowest BCUT2D eigenvalue weighted by atomic mass is 9.69. The Morgan fingerprint density at radius 2 is 1.55 bits per heavy atom. The van der Waals surface area contributed by atoms with Crippen LogP contribution in [0.3, 0.4) is 0 Å². The zero-order valence-electron chi connectivity index (χ0n) is 20.8. The quantitative estimate of drug-likeness (QED) is 0.528. The van der Waals surface area contributed by atoms with Crippen molar-refractivity contribution in [3.63, 3.8) is 0 Å². The van der Waals surface area contributed by atoms with Gasteiger partial charge < -0.3 is 9.64 Å². The van der Waals surface area contributed by atoms with E-state index in [1.54, 1.807) is 0 Å². The third-order valence-electron chi connectivity index (χ3n) is 7.54. The summed E-state index contributed by atoms with van der Waals surface area (Å²) in [4.78, 5) is 2.58. The maximum Gasteiger partial charge on any atom is 0.143 e. The SMILES string of the molecule is CC(C)C1=CC(C(C#N)C#N)C=C(/C=C/c2cc3c4c(c2)C(C)(C)CCN4CCC3(C)C)O1. The van der Waals surface area contributed by atoms with Crippen LogP contribution in [0.25, 0.3) is 6.08 Å². The Kier molecular flexibility index (Phi) is 5.92. The molecule has 0 radical (unpaired) electrons. The summed E-state index contributed by atoms with van der Waals surface area (Å²) in [5.41, 5.74) is 5.78. The normalized spacial score (nSPS) is 22.8. The van der Waals surface area contributed by atoms with Crippen molar-refractivity contribution in [2.45, 2.75) is 65.2 Å². The summed E-state index contributed by atoms with van der Waals surface area (Å²) in [6, 6.07) is 8.92. The second-order valence-corrected chi connectivity index (χ2v) is 11.3. The van der Waals surface area contributed by atoms with Crippen molar-refractivity contribution in [1.29, 1.82) is 10.5 Å². The number of allylic oxidation sites excluding steroid dienone is 4. The summed E-state index contributed by atoms with van der Waals surface area (Å²) >= 11 is 0. The first-order valence-electron chi connectivity index (χ1n) is 12.1. The van der Waals surface area contributed by atoms with E-state index in [4.69, 9.17) is 4.74 Å². The van der Waals surface area contributed by atoms with Crippen molar-refractivity contribution in [3.05, 3.63) is 58.6 Å². The van der Waals surface area contributed by atoms with Gasteiger partial charge in [0, 0.05) is 30.6 Å². The van der Waals surface area contributed by atoms with Gasteiger partial charge in [-0.05, 0) is 70.7 Å². The van der Waals surface area contributed by atoms with Crippen LogP contribution in [0, 0.1) is 40.4 Å². The Bertz CT molecular complexity index is 1070. The second-order valence-electron chi connectivity index (χ2n) is 11.3. The highest BCUT2D eigenvalue weighted by Gasteiger charge is 2.39. The van der Waals surface area contributed by atoms with E-state index in [0.29, 0.717) is 5.76 Å². The van der Waals surface area contributed by atoms with E-state index in [1.165, 1.54) is 22.4 Å². The molecule has 0 spiro atoms. The smallest absolute Gasteiger partial charge is 0.143 e. The fraction of sp³-hybridized carbons (Fsp3) is 0.517. The van der Waals surface area contributed by atoms with E-state index >= 15 is 0 Å². The van der Waals surface area contributed by atoms with E-state index in [9.17, 15) is 10.5 Å². The van der Waals surface area contributed by atoms with Crippen LogP contribution in [0.4, 0.5) is 5.69 Å². The molecule has 1 atom stereocenters. The number of hydrogen-bond acceptors (Lipinski definition) is 4. The van der Waals surface area contributed by atoms with Gasteiger partial charge >= 0.3 is 0 Å². The predicted octanol–water partition coefficient (Wildman–Crippen LogP) is 6.60. The van der Waals surface area contributed by atoms with Crippen LogP contribution in [-0.4, -0.2) is 13.1 Å². The summed E-state index contributed by atoms with van der Waals surface area (Å²) in [5, 5.41) is 18.8. The van der Waals surface area contributed by atoms with E-state index < -0.39 is 5.92 Å². The van der Waals surface area contributed by atoms with Gasteiger partial charge in [0.2, 0.25) is 0 Å². The van der Waals surface area contributed by atoms with Crippen LogP contribution in [0.15, 0.2) is 41.9 Å². The maximum absolute atomic E-state index is 9.40. The summed E-state index contributed by atoms with van der Waals surface area (Å²) in [6.07, 6.45) is 10.3. The molecule has 0 aliphatic carbocycles. The van der Waals surface area contributed by atoms with Crippen molar-refractivity contribution in [3.8, 4) is 12.1 Å². The number of ether oxygens (including phenoxy) is 1. The molecule has 1 aromatic rings. The molecule has 0 N–H and O–H groups in total. The molecule has 0 aromatic heterocycles. The maximum atomic E-state index is 9.40. The molecule has 0 bridgehead atoms. The lowest BCUT2D eigenvalue weighted by molar-refractivity contribution is 0.261. The molecule has 4 rings (SSSR count). The third-order valence-corrected chi connectivity index (χ3v) is 7.54. The monoisotopic (exact) mass is 441 g/mol. The minimum Gasteiger partial charge on any atom is -0.462 e. The molecule has 1 unspecified atom stereocenters. The lowest BCUT2D eigenvalue weighted by Crippen LogP contribution is -2.44. The van der Waals surface area contributed by atoms with E-state index in [0.717, 1.165) is 31.7 Å². The van der Waals surface area contributed by atoms with Gasteiger partial charge in [-0.2, -0.15) is 10.5 Å². The number of benzene rings is 1. The third kappa shape index (κ3) is 4.32. The number of nitrogens with zero attached hydrogens (tertiary/aromatic N) is 3. The molecular weight excluding hydrogens is 406 g/mol. The van der Waals surface area contributed by atoms with Crippen LogP contribution >= 0.6 is 0 Å². The molecule has 1 aromatic carbocycles. The molecule has 0 amide bonds. The molecule has 3 heterocycles. The second kappa shape index (κ2) is 8.42. The van der Waals surface area contributed by atoms with E-state index in [1.807, 2.05) is 18.2 Å². The number of anilines is 1. The van der Waals surface area contributed by atoms with Gasteiger partial charge in [0.15, 0.2) is 0 Å². The number of nitriles is 2. The highest BCUT2D eigenvalue weighted by Crippen LogP contribution is 2.49. The molecule has 0 saturated heterocycles. The summed E-state index contributed by atoms with van der Waals surface area (Å²) in [7, 11) is 0. The van der Waals surface area contributed by atoms with E-state index in [-0.39, 0.29) is 22.7 Å². The Morgan fingerprint density at radius 3 is 2.06 bits per heavy atom. The lowest BCUT2D eigenvalue weighted by Gasteiger charge is -2.48. The minimum absolute atomic E-state index is 0.143. The summed E-state index contributed by atoms with van der Waals surface area (Å²) in [5.74, 6) is 0.724. The Hall–Kier alpha value is -2.98. The first-order valence-corrected chi connectivity index (χ1v) is 12.1. The minimum atomic E-state index is -0.716. The molecule has 172 valence electrons. The first kappa shape index (κ1) is 23.2. The zero-order chi connectivity index (χ0) is 24.0. The number of rotatable bonds is 4. The highest BCUT2D eigenvalue weighted by molar-refractivity contribution is 5.72. The predicted molar refractivity (Wildman–Crippen MR) is 133 cm³/mol. The van der Waals surface area contributed by atoms with Crippen LogP contribution in [0.2, 0.25) is 0 Å². The molecular formula is C29H35N3O. The van der Waals surface area contributed by atoms with Crippen molar-refractivity contribution in [2.24, 2.45) is 17.8 Å². The molecule has 0 saturated carbocycles. The summed E-state index contributed by atoms with van der Waals surface area (Å²) < 4.78 is 6.13. The van der Waals surface area contributed by atoms with Gasteiger partial charge in [0.1, 0.15) is 17.4 Å². The average Bonchev–Trinajstić information content (AvgIpc) is 2.77. The highest BCUT2D eigenvalue weighted by atomic mass is 16.5. The topological polar surface area (TPSA) is 60.0 Å². The van der Waals surface area contributed by atoms with Crippen LogP contribution in [-0.2, 0) is 15.6 Å². The van der Waals surface area contributed by atoms with E-state index in [2.05, 4.69) is 76.8 Å². The van der Waals surface area contributed by atoms with Crippen LogP contribution in [0.5, 0.6) is 0 Å². The van der Waals surface area contributed by atoms with Crippen molar-refractivity contribution in [1.82, 2.24) is 0 Å². The fourth-order valence-corrected chi connectivity index (χ4v) is 5.16. The molecule has 0 fully saturated rings. The Morgan fingerprint density at radius 1 is 0.970 bits per heavy atom. The molecule has 4 heteroatoms. The van der Waals surface area contributed by atoms with Gasteiger partial charge in [-0.25, -0.2) is 0 Å². The van der Waals surface area contributed by atoms with Crippen molar-refractivity contribution in [2.75, 3.05) is 18.0 Å². The largest absolute Gasteiger partial charge is 0.462 e. The number of hydrogen-bond donors (Lipinski definition) is 0. The van der Waals surface area contributed by atoms with Crippen LogP contribution in [0.1, 0.15) is 71.1 Å². The Labute approximate surface area is 198 Å². The molecule has 3 aliphatic rings. The van der Waals surface area contributed by atoms with Crippen molar-refractivity contribution < 1.29 is 4.74 Å². The molecule has 4 nitrogen and oxygen atoms in total. The van der Waals surface area contributed by atoms with Crippen LogP contribution < -0.4 is 4.90 Å². The summed E-state index contributed by atoms with van der Waals surface area (Å²) in [6.45, 7) is 15.8. The van der Waals surface area contributed by atoms with Gasteiger partial charge in [0.25, 0.3) is 0 Å². The fourth-order valence-electron chi connectivity index (χ4n) is 5.16. The standard InChI is InChI=1S/C29H35N3O/c1-19(2)26-16-21(22(17-30)18-31)15-23(33-26)8-7-20-13-24-27-25(14-20)29(5,6)10-12-32(27)11-9-28(24,3)4/h7-8,13-16,19,21-22H,9-12H2,1-6H3/b8-7+. The van der Waals surface area contributed by atoms with Crippen molar-refractivity contribution >= 4 is 11.8 Å². The zero-order valence-corrected chi connectivity index (χ0v) is 20.8. The average molecular weight is 442 g/mol.